The first-order valence-electron chi connectivity index (χ1n) is 7.27. The van der Waals surface area contributed by atoms with Gasteiger partial charge in [-0.05, 0) is 43.7 Å². The number of rotatable bonds is 5. The third-order valence-corrected chi connectivity index (χ3v) is 3.88. The molecule has 0 saturated heterocycles. The van der Waals surface area contributed by atoms with Crippen LogP contribution in [0.3, 0.4) is 0 Å². The van der Waals surface area contributed by atoms with Gasteiger partial charge < -0.3 is 4.74 Å². The van der Waals surface area contributed by atoms with E-state index in [9.17, 15) is 14.0 Å². The maximum absolute atomic E-state index is 13.6. The van der Waals surface area contributed by atoms with E-state index in [2.05, 4.69) is 15.9 Å². The molecule has 0 saturated carbocycles. The summed E-state index contributed by atoms with van der Waals surface area (Å²) in [6.45, 7) is 3.42. The molecule has 2 rings (SSSR count). The molecule has 0 aliphatic carbocycles. The summed E-state index contributed by atoms with van der Waals surface area (Å²) in [5.41, 5.74) is 2.67. The molecule has 0 aliphatic rings. The zero-order chi connectivity index (χ0) is 17.7. The average molecular weight is 391 g/mol. The van der Waals surface area contributed by atoms with Crippen molar-refractivity contribution < 1.29 is 18.7 Å². The second-order valence-electron chi connectivity index (χ2n) is 5.35. The minimum absolute atomic E-state index is 0.252. The van der Waals surface area contributed by atoms with E-state index in [-0.39, 0.29) is 18.0 Å². The van der Waals surface area contributed by atoms with Crippen molar-refractivity contribution in [3.05, 3.63) is 75.0 Å². The summed E-state index contributed by atoms with van der Waals surface area (Å²) in [5.74, 6) is -1.43. The summed E-state index contributed by atoms with van der Waals surface area (Å²) >= 11 is 3.23. The Balaban J connectivity index is 1.96. The minimum Gasteiger partial charge on any atom is -0.454 e. The van der Waals surface area contributed by atoms with Crippen LogP contribution in [0.2, 0.25) is 0 Å². The van der Waals surface area contributed by atoms with E-state index in [1.807, 2.05) is 26.0 Å². The van der Waals surface area contributed by atoms with Crippen LogP contribution < -0.4 is 0 Å². The molecule has 0 amide bonds. The molecule has 0 aliphatic heterocycles. The highest BCUT2D eigenvalue weighted by molar-refractivity contribution is 9.10. The maximum atomic E-state index is 13.6. The molecular weight excluding hydrogens is 375 g/mol. The molecule has 0 radical (unpaired) electrons. The highest BCUT2D eigenvalue weighted by Crippen LogP contribution is 2.17. The zero-order valence-corrected chi connectivity index (χ0v) is 14.9. The fourth-order valence-electron chi connectivity index (χ4n) is 2.19. The number of benzene rings is 2. The lowest BCUT2D eigenvalue weighted by molar-refractivity contribution is -0.136. The first-order chi connectivity index (χ1) is 11.4. The SMILES string of the molecule is Cc1ccc(C(=O)COC(=O)/C=C/c2cc(Br)ccc2F)c(C)c1. The van der Waals surface area contributed by atoms with Crippen molar-refractivity contribution >= 4 is 33.8 Å². The number of halogens is 2. The van der Waals surface area contributed by atoms with Gasteiger partial charge in [0.25, 0.3) is 0 Å². The van der Waals surface area contributed by atoms with Crippen LogP contribution in [-0.2, 0) is 9.53 Å². The Morgan fingerprint density at radius 2 is 1.92 bits per heavy atom. The molecule has 124 valence electrons. The highest BCUT2D eigenvalue weighted by Gasteiger charge is 2.11. The summed E-state index contributed by atoms with van der Waals surface area (Å²) < 4.78 is 19.2. The standard InChI is InChI=1S/C19H16BrFO3/c1-12-3-6-16(13(2)9-12)18(22)11-24-19(23)8-4-14-10-15(20)5-7-17(14)21/h3-10H,11H2,1-2H3/b8-4+. The lowest BCUT2D eigenvalue weighted by atomic mass is 10.0. The summed E-state index contributed by atoms with van der Waals surface area (Å²) in [7, 11) is 0. The van der Waals surface area contributed by atoms with E-state index >= 15 is 0 Å². The van der Waals surface area contributed by atoms with Crippen LogP contribution >= 0.6 is 15.9 Å². The Kier molecular flexibility index (Phi) is 6.04. The van der Waals surface area contributed by atoms with Gasteiger partial charge in [-0.2, -0.15) is 0 Å². The van der Waals surface area contributed by atoms with E-state index in [0.717, 1.165) is 17.2 Å². The number of hydrogen-bond donors (Lipinski definition) is 0. The van der Waals surface area contributed by atoms with Gasteiger partial charge in [0.15, 0.2) is 6.61 Å². The first kappa shape index (κ1) is 18.1. The van der Waals surface area contributed by atoms with Gasteiger partial charge in [-0.1, -0.05) is 39.7 Å². The topological polar surface area (TPSA) is 43.4 Å². The maximum Gasteiger partial charge on any atom is 0.331 e. The average Bonchev–Trinajstić information content (AvgIpc) is 2.53. The quantitative estimate of drug-likeness (QED) is 0.424. The number of ether oxygens (including phenoxy) is 1. The first-order valence-corrected chi connectivity index (χ1v) is 8.06. The third kappa shape index (κ3) is 4.86. The van der Waals surface area contributed by atoms with Crippen molar-refractivity contribution in [3.8, 4) is 0 Å². The summed E-state index contributed by atoms with van der Waals surface area (Å²) in [5, 5.41) is 0. The van der Waals surface area contributed by atoms with Crippen LogP contribution in [0, 0.1) is 19.7 Å². The number of carbonyl (C=O) groups is 2. The van der Waals surface area contributed by atoms with Crippen molar-refractivity contribution in [3.63, 3.8) is 0 Å². The van der Waals surface area contributed by atoms with Gasteiger partial charge in [-0.3, -0.25) is 4.79 Å². The van der Waals surface area contributed by atoms with Crippen LogP contribution in [0.5, 0.6) is 0 Å². The Bertz CT molecular complexity index is 812. The second kappa shape index (κ2) is 8.02. The Hall–Kier alpha value is -2.27. The molecule has 2 aromatic rings. The fourth-order valence-corrected chi connectivity index (χ4v) is 2.57. The number of ketones is 1. The molecule has 0 spiro atoms. The Labute approximate surface area is 148 Å². The van der Waals surface area contributed by atoms with Crippen LogP contribution in [0.1, 0.15) is 27.0 Å². The Morgan fingerprint density at radius 3 is 2.62 bits per heavy atom. The Morgan fingerprint density at radius 1 is 1.17 bits per heavy atom. The van der Waals surface area contributed by atoms with E-state index < -0.39 is 11.8 Å². The van der Waals surface area contributed by atoms with Crippen molar-refractivity contribution in [2.75, 3.05) is 6.61 Å². The predicted octanol–water partition coefficient (Wildman–Crippen LogP) is 4.64. The minimum atomic E-state index is -0.701. The van der Waals surface area contributed by atoms with E-state index in [4.69, 9.17) is 4.74 Å². The van der Waals surface area contributed by atoms with Crippen LogP contribution in [0.4, 0.5) is 4.39 Å². The normalized spacial score (nSPS) is 10.8. The predicted molar refractivity (Wildman–Crippen MR) is 94.3 cm³/mol. The molecule has 0 atom stereocenters. The zero-order valence-electron chi connectivity index (χ0n) is 13.3. The third-order valence-electron chi connectivity index (χ3n) is 3.38. The van der Waals surface area contributed by atoms with Gasteiger partial charge in [0, 0.05) is 21.7 Å². The van der Waals surface area contributed by atoms with Gasteiger partial charge >= 0.3 is 5.97 Å². The highest BCUT2D eigenvalue weighted by atomic mass is 79.9. The van der Waals surface area contributed by atoms with Gasteiger partial charge in [0.2, 0.25) is 5.78 Å². The molecule has 2 aromatic carbocycles. The number of hydrogen-bond acceptors (Lipinski definition) is 3. The van der Waals surface area contributed by atoms with Crippen LogP contribution in [0.15, 0.2) is 46.9 Å². The van der Waals surface area contributed by atoms with E-state index in [1.54, 1.807) is 18.2 Å². The second-order valence-corrected chi connectivity index (χ2v) is 6.26. The van der Waals surface area contributed by atoms with Gasteiger partial charge in [-0.25, -0.2) is 9.18 Å². The van der Waals surface area contributed by atoms with E-state index in [0.29, 0.717) is 10.0 Å². The lowest BCUT2D eigenvalue weighted by Gasteiger charge is -2.06. The monoisotopic (exact) mass is 390 g/mol. The molecule has 0 fully saturated rings. The molecule has 3 nitrogen and oxygen atoms in total. The summed E-state index contributed by atoms with van der Waals surface area (Å²) in [6.07, 6.45) is 2.41. The van der Waals surface area contributed by atoms with Crippen molar-refractivity contribution in [1.29, 1.82) is 0 Å². The number of Topliss-reactive ketones (excluding diaryl/α,β-unsaturated/α-hetero) is 1. The largest absolute Gasteiger partial charge is 0.454 e. The van der Waals surface area contributed by atoms with Crippen molar-refractivity contribution in [1.82, 2.24) is 0 Å². The van der Waals surface area contributed by atoms with Gasteiger partial charge in [0.1, 0.15) is 5.82 Å². The number of aryl methyl sites for hydroxylation is 2. The fraction of sp³-hybridized carbons (Fsp3) is 0.158. The summed E-state index contributed by atoms with van der Waals surface area (Å²) in [4.78, 5) is 23.8. The lowest BCUT2D eigenvalue weighted by Crippen LogP contribution is -2.13. The molecule has 5 heteroatoms. The molecule has 24 heavy (non-hydrogen) atoms. The van der Waals surface area contributed by atoms with E-state index in [1.165, 1.54) is 12.1 Å². The number of esters is 1. The molecule has 0 heterocycles. The molecule has 0 N–H and O–H groups in total. The smallest absolute Gasteiger partial charge is 0.331 e. The molecular formula is C19H16BrFO3. The van der Waals surface area contributed by atoms with Crippen molar-refractivity contribution in [2.24, 2.45) is 0 Å². The van der Waals surface area contributed by atoms with Crippen molar-refractivity contribution in [2.45, 2.75) is 13.8 Å². The summed E-state index contributed by atoms with van der Waals surface area (Å²) in [6, 6.07) is 9.84. The van der Waals surface area contributed by atoms with Crippen LogP contribution in [0.25, 0.3) is 6.08 Å². The molecule has 0 aromatic heterocycles. The van der Waals surface area contributed by atoms with Gasteiger partial charge in [-0.15, -0.1) is 0 Å². The molecule has 0 bridgehead atoms. The van der Waals surface area contributed by atoms with Gasteiger partial charge in [0.05, 0.1) is 0 Å². The number of carbonyl (C=O) groups excluding carboxylic acids is 2. The molecule has 0 unspecified atom stereocenters. The van der Waals surface area contributed by atoms with Crippen LogP contribution in [-0.4, -0.2) is 18.4 Å².